The molecule has 0 aliphatic carbocycles. The SMILES string of the molecule is Cc1[nH]n(-c2cccc3ccccc23)c(=O)c1C=Nc1ccc(Br)cc1Cl. The zero-order chi connectivity index (χ0) is 19.0. The van der Waals surface area contributed by atoms with Crippen LogP contribution in [0.1, 0.15) is 11.3 Å². The van der Waals surface area contributed by atoms with Crippen LogP contribution in [-0.2, 0) is 0 Å². The van der Waals surface area contributed by atoms with Crippen molar-refractivity contribution in [2.24, 2.45) is 4.99 Å². The Bertz CT molecular complexity index is 1230. The average Bonchev–Trinajstić information content (AvgIpc) is 2.94. The molecule has 0 radical (unpaired) electrons. The van der Waals surface area contributed by atoms with E-state index in [1.165, 1.54) is 0 Å². The molecule has 1 aromatic heterocycles. The van der Waals surface area contributed by atoms with Crippen LogP contribution in [0.15, 0.2) is 74.9 Å². The van der Waals surface area contributed by atoms with Gasteiger partial charge in [0.1, 0.15) is 0 Å². The number of hydrogen-bond donors (Lipinski definition) is 1. The van der Waals surface area contributed by atoms with E-state index in [0.717, 1.165) is 26.6 Å². The first-order valence-corrected chi connectivity index (χ1v) is 9.50. The van der Waals surface area contributed by atoms with E-state index in [-0.39, 0.29) is 5.56 Å². The molecule has 3 aromatic carbocycles. The first-order chi connectivity index (χ1) is 13.0. The number of aliphatic imine (C=N–C) groups is 1. The third-order valence-electron chi connectivity index (χ3n) is 4.37. The minimum atomic E-state index is -0.152. The van der Waals surface area contributed by atoms with Gasteiger partial charge in [0, 0.05) is 21.8 Å². The summed E-state index contributed by atoms with van der Waals surface area (Å²) in [7, 11) is 0. The van der Waals surface area contributed by atoms with Gasteiger partial charge in [0.15, 0.2) is 0 Å². The van der Waals surface area contributed by atoms with Gasteiger partial charge in [0.2, 0.25) is 0 Å². The van der Waals surface area contributed by atoms with Crippen molar-refractivity contribution in [1.82, 2.24) is 9.78 Å². The number of aromatic amines is 1. The number of H-pyrrole nitrogens is 1. The number of hydrogen-bond acceptors (Lipinski definition) is 2. The van der Waals surface area contributed by atoms with Gasteiger partial charge in [-0.2, -0.15) is 0 Å². The second-order valence-electron chi connectivity index (χ2n) is 6.14. The zero-order valence-corrected chi connectivity index (χ0v) is 16.8. The molecule has 0 fully saturated rings. The first kappa shape index (κ1) is 17.8. The van der Waals surface area contributed by atoms with E-state index in [1.807, 2.05) is 55.5 Å². The van der Waals surface area contributed by atoms with Crippen molar-refractivity contribution in [3.8, 4) is 5.69 Å². The number of aromatic nitrogens is 2. The van der Waals surface area contributed by atoms with Crippen LogP contribution < -0.4 is 5.56 Å². The van der Waals surface area contributed by atoms with Gasteiger partial charge in [-0.3, -0.25) is 14.9 Å². The quantitative estimate of drug-likeness (QED) is 0.403. The van der Waals surface area contributed by atoms with Crippen molar-refractivity contribution < 1.29 is 0 Å². The van der Waals surface area contributed by atoms with Gasteiger partial charge >= 0.3 is 0 Å². The van der Waals surface area contributed by atoms with Crippen LogP contribution in [0, 0.1) is 6.92 Å². The Kier molecular flexibility index (Phi) is 4.72. The molecule has 134 valence electrons. The average molecular weight is 441 g/mol. The van der Waals surface area contributed by atoms with E-state index < -0.39 is 0 Å². The number of rotatable bonds is 3. The molecular weight excluding hydrogens is 426 g/mol. The summed E-state index contributed by atoms with van der Waals surface area (Å²) in [6.45, 7) is 1.85. The van der Waals surface area contributed by atoms with E-state index in [9.17, 15) is 4.79 Å². The molecule has 0 unspecified atom stereocenters. The lowest BCUT2D eigenvalue weighted by Gasteiger charge is -2.06. The van der Waals surface area contributed by atoms with Crippen molar-refractivity contribution in [1.29, 1.82) is 0 Å². The molecule has 0 atom stereocenters. The molecule has 4 rings (SSSR count). The molecule has 0 amide bonds. The van der Waals surface area contributed by atoms with Crippen molar-refractivity contribution in [2.75, 3.05) is 0 Å². The van der Waals surface area contributed by atoms with E-state index in [0.29, 0.717) is 16.3 Å². The van der Waals surface area contributed by atoms with Crippen LogP contribution in [0.3, 0.4) is 0 Å². The Hall–Kier alpha value is -2.63. The van der Waals surface area contributed by atoms with E-state index in [1.54, 1.807) is 23.0 Å². The van der Waals surface area contributed by atoms with Gasteiger partial charge in [-0.15, -0.1) is 0 Å². The number of nitrogens with zero attached hydrogens (tertiary/aromatic N) is 2. The van der Waals surface area contributed by atoms with Crippen molar-refractivity contribution in [3.05, 3.63) is 91.8 Å². The summed E-state index contributed by atoms with van der Waals surface area (Å²) in [5.74, 6) is 0. The maximum atomic E-state index is 13.0. The minimum Gasteiger partial charge on any atom is -0.295 e. The Morgan fingerprint density at radius 3 is 2.70 bits per heavy atom. The van der Waals surface area contributed by atoms with Gasteiger partial charge in [-0.25, -0.2) is 4.68 Å². The smallest absolute Gasteiger partial charge is 0.280 e. The van der Waals surface area contributed by atoms with Crippen molar-refractivity contribution in [3.63, 3.8) is 0 Å². The second-order valence-corrected chi connectivity index (χ2v) is 7.47. The summed E-state index contributed by atoms with van der Waals surface area (Å²) < 4.78 is 2.44. The topological polar surface area (TPSA) is 50.1 Å². The van der Waals surface area contributed by atoms with Crippen LogP contribution in [0.5, 0.6) is 0 Å². The fourth-order valence-electron chi connectivity index (χ4n) is 3.00. The van der Waals surface area contributed by atoms with Crippen LogP contribution in [0.4, 0.5) is 5.69 Å². The van der Waals surface area contributed by atoms with Crippen LogP contribution >= 0.6 is 27.5 Å². The number of fused-ring (bicyclic) bond motifs is 1. The fourth-order valence-corrected chi connectivity index (χ4v) is 3.73. The highest BCUT2D eigenvalue weighted by atomic mass is 79.9. The third-order valence-corrected chi connectivity index (χ3v) is 5.16. The lowest BCUT2D eigenvalue weighted by molar-refractivity contribution is 0.841. The van der Waals surface area contributed by atoms with Crippen LogP contribution in [0.25, 0.3) is 16.5 Å². The number of halogens is 2. The van der Waals surface area contributed by atoms with Gasteiger partial charge < -0.3 is 0 Å². The molecule has 0 spiro atoms. The number of aryl methyl sites for hydroxylation is 1. The summed E-state index contributed by atoms with van der Waals surface area (Å²) >= 11 is 9.58. The summed E-state index contributed by atoms with van der Waals surface area (Å²) in [4.78, 5) is 17.4. The lowest BCUT2D eigenvalue weighted by Crippen LogP contribution is -2.17. The van der Waals surface area contributed by atoms with Gasteiger partial charge in [0.25, 0.3) is 5.56 Å². The monoisotopic (exact) mass is 439 g/mol. The Balaban J connectivity index is 1.80. The largest absolute Gasteiger partial charge is 0.295 e. The summed E-state index contributed by atoms with van der Waals surface area (Å²) in [6, 6.07) is 19.3. The van der Waals surface area contributed by atoms with Crippen LogP contribution in [0.2, 0.25) is 5.02 Å². The van der Waals surface area contributed by atoms with Gasteiger partial charge in [-0.05, 0) is 36.6 Å². The van der Waals surface area contributed by atoms with E-state index in [2.05, 4.69) is 26.0 Å². The predicted octanol–water partition coefficient (Wildman–Crippen LogP) is 5.79. The summed E-state index contributed by atoms with van der Waals surface area (Å²) in [5.41, 5.74) is 2.51. The maximum absolute atomic E-state index is 13.0. The maximum Gasteiger partial charge on any atom is 0.280 e. The number of benzene rings is 3. The molecule has 4 aromatic rings. The van der Waals surface area contributed by atoms with E-state index in [4.69, 9.17) is 11.6 Å². The predicted molar refractivity (Wildman–Crippen MR) is 115 cm³/mol. The van der Waals surface area contributed by atoms with Crippen molar-refractivity contribution in [2.45, 2.75) is 6.92 Å². The molecule has 0 saturated carbocycles. The Morgan fingerprint density at radius 2 is 1.89 bits per heavy atom. The van der Waals surface area contributed by atoms with Gasteiger partial charge in [-0.1, -0.05) is 63.9 Å². The molecule has 1 N–H and O–H groups in total. The Morgan fingerprint density at radius 1 is 1.11 bits per heavy atom. The minimum absolute atomic E-state index is 0.152. The molecule has 0 aliphatic heterocycles. The summed E-state index contributed by atoms with van der Waals surface area (Å²) in [5, 5.41) is 5.75. The molecule has 6 heteroatoms. The fraction of sp³-hybridized carbons (Fsp3) is 0.0476. The standard InChI is InChI=1S/C21H15BrClN3O/c1-13-17(12-24-19-10-9-15(22)11-18(19)23)21(27)26(25-13)20-8-4-6-14-5-2-3-7-16(14)20/h2-12,25H,1H3. The third kappa shape index (κ3) is 3.36. The highest BCUT2D eigenvalue weighted by Crippen LogP contribution is 2.28. The molecule has 0 saturated heterocycles. The number of nitrogens with one attached hydrogen (secondary N) is 1. The molecule has 0 aliphatic rings. The second kappa shape index (κ2) is 7.18. The molecule has 0 bridgehead atoms. The highest BCUT2D eigenvalue weighted by molar-refractivity contribution is 9.10. The zero-order valence-electron chi connectivity index (χ0n) is 14.4. The van der Waals surface area contributed by atoms with E-state index >= 15 is 0 Å². The molecule has 27 heavy (non-hydrogen) atoms. The van der Waals surface area contributed by atoms with Crippen molar-refractivity contribution >= 4 is 50.2 Å². The molecule has 4 nitrogen and oxygen atoms in total. The summed E-state index contributed by atoms with van der Waals surface area (Å²) in [6.07, 6.45) is 1.56. The first-order valence-electron chi connectivity index (χ1n) is 8.33. The molecule has 1 heterocycles. The lowest BCUT2D eigenvalue weighted by atomic mass is 10.1. The highest BCUT2D eigenvalue weighted by Gasteiger charge is 2.13. The Labute approximate surface area is 169 Å². The van der Waals surface area contributed by atoms with Gasteiger partial charge in [0.05, 0.1) is 22.0 Å². The van der Waals surface area contributed by atoms with Crippen LogP contribution in [-0.4, -0.2) is 16.0 Å². The molecular formula is C21H15BrClN3O. The normalized spacial score (nSPS) is 11.5.